The van der Waals surface area contributed by atoms with Crippen LogP contribution >= 0.6 is 0 Å². The van der Waals surface area contributed by atoms with Crippen molar-refractivity contribution in [3.63, 3.8) is 0 Å². The van der Waals surface area contributed by atoms with E-state index < -0.39 is 0 Å². The van der Waals surface area contributed by atoms with Gasteiger partial charge in [0.05, 0.1) is 0 Å². The largest absolute Gasteiger partial charge is 0.0654 e. The van der Waals surface area contributed by atoms with E-state index in [-0.39, 0.29) is 0 Å². The first kappa shape index (κ1) is 32.3. The Kier molecular flexibility index (Phi) is 10.2. The number of rotatable bonds is 11. The van der Waals surface area contributed by atoms with Crippen molar-refractivity contribution in [3.05, 3.63) is 155 Å². The van der Waals surface area contributed by atoms with Crippen LogP contribution < -0.4 is 0 Å². The first-order chi connectivity index (χ1) is 22.9. The molecule has 0 nitrogen and oxygen atoms in total. The molecule has 0 bridgehead atoms. The molecule has 6 rings (SSSR count). The van der Waals surface area contributed by atoms with Gasteiger partial charge in [0, 0.05) is 0 Å². The third-order valence-corrected chi connectivity index (χ3v) is 9.35. The van der Waals surface area contributed by atoms with Crippen molar-refractivity contribution < 1.29 is 0 Å². The molecule has 0 aliphatic heterocycles. The topological polar surface area (TPSA) is 0 Å². The van der Waals surface area contributed by atoms with Gasteiger partial charge in [-0.25, -0.2) is 0 Å². The van der Waals surface area contributed by atoms with Crippen LogP contribution in [-0.2, 0) is 6.42 Å². The summed E-state index contributed by atoms with van der Waals surface area (Å²) in [6, 6.07) is 48.0. The first-order valence-electron chi connectivity index (χ1n) is 17.5. The van der Waals surface area contributed by atoms with E-state index in [4.69, 9.17) is 0 Å². The van der Waals surface area contributed by atoms with E-state index in [1.165, 1.54) is 116 Å². The van der Waals surface area contributed by atoms with Gasteiger partial charge in [0.1, 0.15) is 0 Å². The molecular weight excluding hydrogens is 565 g/mol. The molecule has 0 fully saturated rings. The molecule has 0 heterocycles. The minimum absolute atomic E-state index is 1.10. The van der Waals surface area contributed by atoms with Crippen molar-refractivity contribution in [2.45, 2.75) is 73.1 Å². The molecule has 0 aliphatic rings. The van der Waals surface area contributed by atoms with E-state index in [9.17, 15) is 0 Å². The minimum atomic E-state index is 1.10. The highest BCUT2D eigenvalue weighted by Gasteiger charge is 2.11. The third-order valence-electron chi connectivity index (χ3n) is 9.35. The van der Waals surface area contributed by atoms with E-state index in [0.717, 1.165) is 6.42 Å². The molecule has 0 heteroatoms. The van der Waals surface area contributed by atoms with Crippen LogP contribution in [0.2, 0.25) is 0 Å². The maximum absolute atomic E-state index is 2.46. The Morgan fingerprint density at radius 1 is 0.340 bits per heavy atom. The van der Waals surface area contributed by atoms with Gasteiger partial charge in [-0.15, -0.1) is 0 Å². The van der Waals surface area contributed by atoms with Crippen LogP contribution in [0.25, 0.3) is 55.6 Å². The molecule has 0 aliphatic carbocycles. The lowest BCUT2D eigenvalue weighted by molar-refractivity contribution is 0.632. The zero-order valence-corrected chi connectivity index (χ0v) is 28.9. The molecule has 0 saturated carbocycles. The summed E-state index contributed by atoms with van der Waals surface area (Å²) in [5.41, 5.74) is 19.5. The Bertz CT molecular complexity index is 1930. The summed E-state index contributed by atoms with van der Waals surface area (Å²) >= 11 is 0. The average molecular weight is 613 g/mol. The third kappa shape index (κ3) is 8.01. The molecule has 0 atom stereocenters. The molecule has 0 spiro atoms. The standard InChI is InChI=1S/C47H48/c1-6-7-8-9-10-13-44-32-43(40-15-12-17-42(31-40)46-28-35(4)25-36(5)29-46)22-23-47(44)38-20-18-37(19-21-38)39-14-11-16-41(30-39)45-26-33(2)24-34(3)27-45/h11-12,14-32H,6-10,13H2,1-5H3. The summed E-state index contributed by atoms with van der Waals surface area (Å²) in [5.74, 6) is 0. The summed E-state index contributed by atoms with van der Waals surface area (Å²) in [5, 5.41) is 0. The fourth-order valence-corrected chi connectivity index (χ4v) is 7.06. The molecule has 0 amide bonds. The normalized spacial score (nSPS) is 11.2. The van der Waals surface area contributed by atoms with Crippen molar-refractivity contribution >= 4 is 0 Å². The highest BCUT2D eigenvalue weighted by molar-refractivity contribution is 5.79. The maximum Gasteiger partial charge on any atom is -0.0151 e. The molecular formula is C47H48. The van der Waals surface area contributed by atoms with Gasteiger partial charge in [-0.3, -0.25) is 0 Å². The van der Waals surface area contributed by atoms with E-state index in [1.54, 1.807) is 0 Å². The lowest BCUT2D eigenvalue weighted by Gasteiger charge is -2.15. The number of benzene rings is 6. The summed E-state index contributed by atoms with van der Waals surface area (Å²) in [6.45, 7) is 11.0. The summed E-state index contributed by atoms with van der Waals surface area (Å²) in [7, 11) is 0. The van der Waals surface area contributed by atoms with Gasteiger partial charge in [0.25, 0.3) is 0 Å². The smallest absolute Gasteiger partial charge is 0.0151 e. The van der Waals surface area contributed by atoms with Gasteiger partial charge in [-0.05, 0) is 114 Å². The molecule has 0 N–H and O–H groups in total. The predicted octanol–water partition coefficient (Wildman–Crippen LogP) is 13.8. The van der Waals surface area contributed by atoms with Gasteiger partial charge < -0.3 is 0 Å². The van der Waals surface area contributed by atoms with Crippen LogP contribution in [0.1, 0.15) is 66.8 Å². The van der Waals surface area contributed by atoms with E-state index in [1.807, 2.05) is 0 Å². The zero-order valence-electron chi connectivity index (χ0n) is 28.9. The predicted molar refractivity (Wildman–Crippen MR) is 205 cm³/mol. The quantitative estimate of drug-likeness (QED) is 0.128. The van der Waals surface area contributed by atoms with Crippen LogP contribution in [0.5, 0.6) is 0 Å². The van der Waals surface area contributed by atoms with E-state index in [0.29, 0.717) is 0 Å². The fourth-order valence-electron chi connectivity index (χ4n) is 7.06. The molecule has 6 aromatic rings. The van der Waals surface area contributed by atoms with Gasteiger partial charge >= 0.3 is 0 Å². The average Bonchev–Trinajstić information content (AvgIpc) is 3.07. The Labute approximate surface area is 283 Å². The van der Waals surface area contributed by atoms with Crippen molar-refractivity contribution in [1.82, 2.24) is 0 Å². The second kappa shape index (κ2) is 14.8. The van der Waals surface area contributed by atoms with Gasteiger partial charge in [0.2, 0.25) is 0 Å². The first-order valence-corrected chi connectivity index (χ1v) is 17.5. The van der Waals surface area contributed by atoms with Crippen molar-refractivity contribution in [3.8, 4) is 55.6 Å². The Balaban J connectivity index is 1.30. The summed E-state index contributed by atoms with van der Waals surface area (Å²) in [4.78, 5) is 0. The van der Waals surface area contributed by atoms with Crippen molar-refractivity contribution in [2.24, 2.45) is 0 Å². The van der Waals surface area contributed by atoms with Gasteiger partial charge in [-0.2, -0.15) is 0 Å². The fraction of sp³-hybridized carbons (Fsp3) is 0.234. The highest BCUT2D eigenvalue weighted by atomic mass is 14.2. The van der Waals surface area contributed by atoms with Crippen LogP contribution in [0.3, 0.4) is 0 Å². The molecule has 236 valence electrons. The summed E-state index contributed by atoms with van der Waals surface area (Å²) < 4.78 is 0. The second-order valence-corrected chi connectivity index (χ2v) is 13.5. The Morgan fingerprint density at radius 3 is 1.30 bits per heavy atom. The van der Waals surface area contributed by atoms with Crippen LogP contribution in [0, 0.1) is 27.7 Å². The van der Waals surface area contributed by atoms with Crippen LogP contribution in [0.4, 0.5) is 0 Å². The van der Waals surface area contributed by atoms with Crippen molar-refractivity contribution in [2.75, 3.05) is 0 Å². The number of unbranched alkanes of at least 4 members (excludes halogenated alkanes) is 4. The molecule has 0 saturated heterocycles. The second-order valence-electron chi connectivity index (χ2n) is 13.5. The SMILES string of the molecule is CCCCCCCc1cc(-c2cccc(-c3cc(C)cc(C)c3)c2)ccc1-c1ccc(-c2cccc(-c3cc(C)cc(C)c3)c2)cc1. The monoisotopic (exact) mass is 612 g/mol. The van der Waals surface area contributed by atoms with Gasteiger partial charge in [0.15, 0.2) is 0 Å². The minimum Gasteiger partial charge on any atom is -0.0654 e. The van der Waals surface area contributed by atoms with Crippen LogP contribution in [0.15, 0.2) is 127 Å². The van der Waals surface area contributed by atoms with E-state index in [2.05, 4.69) is 162 Å². The molecule has 47 heavy (non-hydrogen) atoms. The zero-order chi connectivity index (χ0) is 32.8. The lowest BCUT2D eigenvalue weighted by atomic mass is 9.90. The summed E-state index contributed by atoms with van der Waals surface area (Å²) in [6.07, 6.45) is 7.53. The van der Waals surface area contributed by atoms with Gasteiger partial charge in [-0.1, -0.05) is 170 Å². The Hall–Kier alpha value is -4.68. The molecule has 0 radical (unpaired) electrons. The number of aryl methyl sites for hydroxylation is 5. The maximum atomic E-state index is 2.46. The highest BCUT2D eigenvalue weighted by Crippen LogP contribution is 2.34. The number of hydrogen-bond donors (Lipinski definition) is 0. The lowest BCUT2D eigenvalue weighted by Crippen LogP contribution is -1.93. The molecule has 6 aromatic carbocycles. The molecule has 0 unspecified atom stereocenters. The number of hydrogen-bond acceptors (Lipinski definition) is 0. The molecule has 0 aromatic heterocycles. The Morgan fingerprint density at radius 2 is 0.766 bits per heavy atom. The van der Waals surface area contributed by atoms with Crippen LogP contribution in [-0.4, -0.2) is 0 Å². The van der Waals surface area contributed by atoms with E-state index >= 15 is 0 Å². The van der Waals surface area contributed by atoms with Crippen molar-refractivity contribution in [1.29, 1.82) is 0 Å².